The molecule has 1 spiro atoms. The van der Waals surface area contributed by atoms with E-state index in [1.807, 2.05) is 0 Å². The Bertz CT molecular complexity index is 1060. The number of carbonyl (C=O) groups is 1. The molecule has 3 N–H and O–H groups in total. The highest BCUT2D eigenvalue weighted by Gasteiger charge is 2.57. The number of halogens is 4. The van der Waals surface area contributed by atoms with Crippen molar-refractivity contribution >= 4 is 17.5 Å². The Balaban J connectivity index is 1.93. The Morgan fingerprint density at radius 1 is 1.23 bits per heavy atom. The summed E-state index contributed by atoms with van der Waals surface area (Å²) < 4.78 is 62.2. The van der Waals surface area contributed by atoms with Gasteiger partial charge in [-0.1, -0.05) is 0 Å². The van der Waals surface area contributed by atoms with Gasteiger partial charge in [-0.15, -0.1) is 5.10 Å². The van der Waals surface area contributed by atoms with E-state index in [4.69, 9.17) is 10.5 Å². The Kier molecular flexibility index (Phi) is 4.89. The first-order valence-electron chi connectivity index (χ1n) is 9.25. The topological polar surface area (TPSA) is 80.0 Å². The molecule has 2 aromatic carbocycles. The fourth-order valence-corrected chi connectivity index (χ4v) is 3.96. The van der Waals surface area contributed by atoms with Crippen molar-refractivity contribution in [2.75, 3.05) is 18.4 Å². The van der Waals surface area contributed by atoms with Gasteiger partial charge in [0.05, 0.1) is 5.56 Å². The standard InChI is InChI=1S/C20H18F4N4O2/c1-10(29)28-20(30-19(27-28)13-6-12(21)2-3-15(13)22)11(4-5-25)9-26-18-8-17(24)16(23)7-14(18)20/h2-3,6-8,11,26H,4-5,9,25H2,1H3. The minimum absolute atomic E-state index is 0.108. The number of hydrazone groups is 1. The van der Waals surface area contributed by atoms with Crippen LogP contribution >= 0.6 is 0 Å². The molecule has 0 radical (unpaired) electrons. The summed E-state index contributed by atoms with van der Waals surface area (Å²) >= 11 is 0. The zero-order valence-corrected chi connectivity index (χ0v) is 15.9. The minimum Gasteiger partial charge on any atom is -0.442 e. The Hall–Kier alpha value is -3.14. The van der Waals surface area contributed by atoms with Crippen LogP contribution in [-0.4, -0.2) is 29.9 Å². The molecule has 2 atom stereocenters. The van der Waals surface area contributed by atoms with Gasteiger partial charge in [0.25, 0.3) is 0 Å². The van der Waals surface area contributed by atoms with Crippen LogP contribution < -0.4 is 11.1 Å². The summed E-state index contributed by atoms with van der Waals surface area (Å²) in [5, 5.41) is 8.06. The zero-order chi connectivity index (χ0) is 21.6. The largest absolute Gasteiger partial charge is 0.442 e. The highest BCUT2D eigenvalue weighted by Crippen LogP contribution is 2.49. The molecular weight excluding hydrogens is 404 g/mol. The fourth-order valence-electron chi connectivity index (χ4n) is 3.96. The molecule has 2 heterocycles. The van der Waals surface area contributed by atoms with Gasteiger partial charge in [0.2, 0.25) is 17.5 Å². The van der Waals surface area contributed by atoms with Gasteiger partial charge >= 0.3 is 0 Å². The first-order chi connectivity index (χ1) is 14.3. The third-order valence-electron chi connectivity index (χ3n) is 5.27. The first-order valence-corrected chi connectivity index (χ1v) is 9.25. The number of benzene rings is 2. The van der Waals surface area contributed by atoms with Gasteiger partial charge in [0.15, 0.2) is 11.6 Å². The molecule has 158 valence electrons. The van der Waals surface area contributed by atoms with Gasteiger partial charge in [-0.25, -0.2) is 17.6 Å². The smallest absolute Gasteiger partial charge is 0.244 e. The number of carbonyl (C=O) groups excluding carboxylic acids is 1. The van der Waals surface area contributed by atoms with Crippen LogP contribution in [0.5, 0.6) is 0 Å². The molecule has 0 saturated carbocycles. The maximum atomic E-state index is 14.4. The summed E-state index contributed by atoms with van der Waals surface area (Å²) in [7, 11) is 0. The van der Waals surface area contributed by atoms with Crippen molar-refractivity contribution < 1.29 is 27.1 Å². The lowest BCUT2D eigenvalue weighted by Crippen LogP contribution is -2.55. The Labute approximate surface area is 169 Å². The summed E-state index contributed by atoms with van der Waals surface area (Å²) in [6.07, 6.45) is 0.323. The molecule has 10 heteroatoms. The second-order valence-corrected chi connectivity index (χ2v) is 7.13. The highest BCUT2D eigenvalue weighted by atomic mass is 19.2. The number of rotatable bonds is 3. The van der Waals surface area contributed by atoms with Crippen molar-refractivity contribution in [3.05, 3.63) is 64.7 Å². The molecule has 2 aromatic rings. The van der Waals surface area contributed by atoms with Gasteiger partial charge in [0, 0.05) is 36.7 Å². The van der Waals surface area contributed by atoms with Crippen molar-refractivity contribution in [1.29, 1.82) is 0 Å². The summed E-state index contributed by atoms with van der Waals surface area (Å²) in [6, 6.07) is 4.59. The SMILES string of the molecule is CC(=O)N1N=C(c2cc(F)ccc2F)OC12c1cc(F)c(F)cc1NCC2CCN. The number of hydrogen-bond donors (Lipinski definition) is 2. The van der Waals surface area contributed by atoms with E-state index < -0.39 is 40.8 Å². The van der Waals surface area contributed by atoms with E-state index in [9.17, 15) is 22.4 Å². The van der Waals surface area contributed by atoms with Crippen LogP contribution in [0, 0.1) is 29.2 Å². The summed E-state index contributed by atoms with van der Waals surface area (Å²) in [5.41, 5.74) is 4.04. The lowest BCUT2D eigenvalue weighted by Gasteiger charge is -2.45. The molecule has 1 amide bonds. The van der Waals surface area contributed by atoms with Crippen LogP contribution in [0.1, 0.15) is 24.5 Å². The summed E-state index contributed by atoms with van der Waals surface area (Å²) in [5.74, 6) is -5.25. The lowest BCUT2D eigenvalue weighted by atomic mass is 9.81. The number of fused-ring (bicyclic) bond motifs is 2. The van der Waals surface area contributed by atoms with Crippen LogP contribution in [0.15, 0.2) is 35.4 Å². The van der Waals surface area contributed by atoms with Gasteiger partial charge in [-0.05, 0) is 37.2 Å². The Morgan fingerprint density at radius 3 is 2.67 bits per heavy atom. The summed E-state index contributed by atoms with van der Waals surface area (Å²) in [4.78, 5) is 12.5. The van der Waals surface area contributed by atoms with Crippen LogP contribution in [0.2, 0.25) is 0 Å². The molecule has 0 fully saturated rings. The molecule has 30 heavy (non-hydrogen) atoms. The van der Waals surface area contributed by atoms with Gasteiger partial charge < -0.3 is 15.8 Å². The molecule has 2 aliphatic heterocycles. The second-order valence-electron chi connectivity index (χ2n) is 7.13. The number of nitrogens with zero attached hydrogens (tertiary/aromatic N) is 2. The third-order valence-corrected chi connectivity index (χ3v) is 5.27. The van der Waals surface area contributed by atoms with Crippen LogP contribution in [0.3, 0.4) is 0 Å². The number of hydrogen-bond acceptors (Lipinski definition) is 5. The lowest BCUT2D eigenvalue weighted by molar-refractivity contribution is -0.160. The average molecular weight is 422 g/mol. The molecule has 2 aliphatic rings. The van der Waals surface area contributed by atoms with E-state index in [0.717, 1.165) is 35.3 Å². The predicted molar refractivity (Wildman–Crippen MR) is 100 cm³/mol. The van der Waals surface area contributed by atoms with E-state index in [-0.39, 0.29) is 35.8 Å². The second kappa shape index (κ2) is 7.28. The maximum absolute atomic E-state index is 14.4. The Morgan fingerprint density at radius 2 is 1.97 bits per heavy atom. The quantitative estimate of drug-likeness (QED) is 0.746. The van der Waals surface area contributed by atoms with E-state index in [1.54, 1.807) is 0 Å². The van der Waals surface area contributed by atoms with Crippen molar-refractivity contribution in [3.8, 4) is 0 Å². The molecule has 6 nitrogen and oxygen atoms in total. The maximum Gasteiger partial charge on any atom is 0.244 e. The zero-order valence-electron chi connectivity index (χ0n) is 15.9. The van der Waals surface area contributed by atoms with Crippen molar-refractivity contribution in [2.45, 2.75) is 19.1 Å². The average Bonchev–Trinajstić information content (AvgIpc) is 3.09. The van der Waals surface area contributed by atoms with Crippen LogP contribution in [0.25, 0.3) is 0 Å². The number of nitrogens with two attached hydrogens (primary N) is 1. The number of nitrogens with one attached hydrogen (secondary N) is 1. The third kappa shape index (κ3) is 2.98. The van der Waals surface area contributed by atoms with Crippen molar-refractivity contribution in [3.63, 3.8) is 0 Å². The van der Waals surface area contributed by atoms with Crippen molar-refractivity contribution in [1.82, 2.24) is 5.01 Å². The molecule has 0 bridgehead atoms. The normalized spacial score (nSPS) is 22.4. The van der Waals surface area contributed by atoms with Gasteiger partial charge in [-0.3, -0.25) is 4.79 Å². The monoisotopic (exact) mass is 422 g/mol. The van der Waals surface area contributed by atoms with Gasteiger partial charge in [0.1, 0.15) is 11.6 Å². The minimum atomic E-state index is -1.70. The molecule has 4 rings (SSSR count). The van der Waals surface area contributed by atoms with Gasteiger partial charge in [-0.2, -0.15) is 5.01 Å². The number of ether oxygens (including phenoxy) is 1. The predicted octanol–water partition coefficient (Wildman–Crippen LogP) is 3.03. The van der Waals surface area contributed by atoms with E-state index in [1.165, 1.54) is 6.92 Å². The number of anilines is 1. The molecule has 0 aliphatic carbocycles. The molecular formula is C20H18F4N4O2. The summed E-state index contributed by atoms with van der Waals surface area (Å²) in [6.45, 7) is 1.61. The number of amides is 1. The molecule has 0 aromatic heterocycles. The van der Waals surface area contributed by atoms with Crippen molar-refractivity contribution in [2.24, 2.45) is 16.8 Å². The van der Waals surface area contributed by atoms with Crippen LogP contribution in [-0.2, 0) is 15.3 Å². The molecule has 2 unspecified atom stereocenters. The molecule has 0 saturated heterocycles. The van der Waals surface area contributed by atoms with E-state index in [0.29, 0.717) is 6.42 Å². The van der Waals surface area contributed by atoms with E-state index in [2.05, 4.69) is 10.4 Å². The fraction of sp³-hybridized carbons (Fsp3) is 0.300. The van der Waals surface area contributed by atoms with Crippen LogP contribution in [0.4, 0.5) is 23.2 Å². The highest BCUT2D eigenvalue weighted by molar-refractivity contribution is 5.97. The first kappa shape index (κ1) is 20.1. The van der Waals surface area contributed by atoms with E-state index >= 15 is 0 Å².